The molecule has 1 aromatic heterocycles. The fourth-order valence-corrected chi connectivity index (χ4v) is 2.42. The van der Waals surface area contributed by atoms with Crippen LogP contribution in [0, 0.1) is 11.6 Å². The Kier molecular flexibility index (Phi) is 3.76. The Morgan fingerprint density at radius 3 is 2.13 bits per heavy atom. The van der Waals surface area contributed by atoms with Crippen molar-refractivity contribution >= 4 is 12.6 Å². The van der Waals surface area contributed by atoms with Gasteiger partial charge in [0.2, 0.25) is 0 Å². The molecular formula is C15H18BF2N3O2. The highest BCUT2D eigenvalue weighted by Crippen LogP contribution is 2.36. The quantitative estimate of drug-likeness (QED) is 0.810. The second-order valence-corrected chi connectivity index (χ2v) is 6.65. The van der Waals surface area contributed by atoms with Crippen molar-refractivity contribution < 1.29 is 18.1 Å². The van der Waals surface area contributed by atoms with E-state index in [4.69, 9.17) is 9.31 Å². The lowest BCUT2D eigenvalue weighted by Crippen LogP contribution is -2.41. The highest BCUT2D eigenvalue weighted by molar-refractivity contribution is 6.62. The Balaban J connectivity index is 1.90. The molecule has 0 unspecified atom stereocenters. The van der Waals surface area contributed by atoms with Gasteiger partial charge < -0.3 is 9.31 Å². The maximum absolute atomic E-state index is 14.4. The van der Waals surface area contributed by atoms with Crippen LogP contribution in [0.1, 0.15) is 33.3 Å². The largest absolute Gasteiger partial charge is 0.500 e. The lowest BCUT2D eigenvalue weighted by Gasteiger charge is -2.32. The van der Waals surface area contributed by atoms with Crippen LogP contribution in [0.2, 0.25) is 0 Å². The zero-order valence-electron chi connectivity index (χ0n) is 13.5. The standard InChI is InChI=1S/C15H18BF2N3O2/c1-14(2)15(3,4)23-16(22-14)13-11(17)5-10(6-12(13)18)7-21-9-19-8-20-21/h5-6,8-9H,7H2,1-4H3. The minimum atomic E-state index is -1.07. The van der Waals surface area contributed by atoms with Crippen LogP contribution in [0.3, 0.4) is 0 Å². The number of halogens is 2. The topological polar surface area (TPSA) is 49.2 Å². The van der Waals surface area contributed by atoms with Crippen LogP contribution in [0.15, 0.2) is 24.8 Å². The van der Waals surface area contributed by atoms with Crippen molar-refractivity contribution in [3.8, 4) is 0 Å². The maximum atomic E-state index is 14.4. The summed E-state index contributed by atoms with van der Waals surface area (Å²) < 4.78 is 41.8. The molecule has 0 saturated carbocycles. The number of hydrogen-bond donors (Lipinski definition) is 0. The smallest absolute Gasteiger partial charge is 0.399 e. The molecule has 0 N–H and O–H groups in total. The van der Waals surface area contributed by atoms with Gasteiger partial charge in [-0.1, -0.05) is 0 Å². The normalized spacial score (nSPS) is 19.3. The predicted octanol–water partition coefficient (Wildman–Crippen LogP) is 1.90. The monoisotopic (exact) mass is 321 g/mol. The highest BCUT2D eigenvalue weighted by atomic mass is 19.1. The van der Waals surface area contributed by atoms with E-state index in [2.05, 4.69) is 10.1 Å². The van der Waals surface area contributed by atoms with Crippen molar-refractivity contribution in [1.82, 2.24) is 14.8 Å². The maximum Gasteiger partial charge on any atom is 0.500 e. The molecule has 1 aromatic carbocycles. The van der Waals surface area contributed by atoms with Gasteiger partial charge in [0.15, 0.2) is 0 Å². The lowest BCUT2D eigenvalue weighted by molar-refractivity contribution is 0.00578. The molecule has 1 aliphatic rings. The van der Waals surface area contributed by atoms with Crippen molar-refractivity contribution in [2.24, 2.45) is 0 Å². The Morgan fingerprint density at radius 1 is 1.09 bits per heavy atom. The van der Waals surface area contributed by atoms with Crippen LogP contribution >= 0.6 is 0 Å². The molecule has 0 bridgehead atoms. The van der Waals surface area contributed by atoms with Gasteiger partial charge in [0, 0.05) is 0 Å². The highest BCUT2D eigenvalue weighted by Gasteiger charge is 2.53. The first-order valence-electron chi connectivity index (χ1n) is 7.35. The van der Waals surface area contributed by atoms with Crippen molar-refractivity contribution in [2.45, 2.75) is 45.4 Å². The molecule has 1 saturated heterocycles. The van der Waals surface area contributed by atoms with Crippen LogP contribution in [0.25, 0.3) is 0 Å². The summed E-state index contributed by atoms with van der Waals surface area (Å²) in [6.07, 6.45) is 2.85. The molecular weight excluding hydrogens is 303 g/mol. The van der Waals surface area contributed by atoms with Crippen LogP contribution in [0.4, 0.5) is 8.78 Å². The van der Waals surface area contributed by atoms with E-state index in [9.17, 15) is 8.78 Å². The average molecular weight is 321 g/mol. The van der Waals surface area contributed by atoms with Crippen molar-refractivity contribution in [2.75, 3.05) is 0 Å². The molecule has 1 aliphatic heterocycles. The summed E-state index contributed by atoms with van der Waals surface area (Å²) in [7, 11) is -1.07. The molecule has 1 fully saturated rings. The number of benzene rings is 1. The first kappa shape index (κ1) is 16.1. The van der Waals surface area contributed by atoms with E-state index in [-0.39, 0.29) is 12.0 Å². The molecule has 3 rings (SSSR count). The van der Waals surface area contributed by atoms with Crippen molar-refractivity contribution in [1.29, 1.82) is 0 Å². The average Bonchev–Trinajstić information content (AvgIpc) is 2.95. The van der Waals surface area contributed by atoms with E-state index < -0.39 is 30.0 Å². The molecule has 8 heteroatoms. The van der Waals surface area contributed by atoms with E-state index in [1.54, 1.807) is 0 Å². The van der Waals surface area contributed by atoms with Gasteiger partial charge in [-0.3, -0.25) is 0 Å². The first-order valence-corrected chi connectivity index (χ1v) is 7.35. The first-order chi connectivity index (χ1) is 10.7. The molecule has 23 heavy (non-hydrogen) atoms. The van der Waals surface area contributed by atoms with Gasteiger partial charge in [0.1, 0.15) is 24.3 Å². The minimum absolute atomic E-state index is 0.203. The molecule has 0 atom stereocenters. The molecule has 2 aromatic rings. The number of aromatic nitrogens is 3. The lowest BCUT2D eigenvalue weighted by atomic mass is 9.77. The molecule has 122 valence electrons. The second kappa shape index (κ2) is 5.38. The van der Waals surface area contributed by atoms with E-state index in [0.29, 0.717) is 5.56 Å². The van der Waals surface area contributed by atoms with E-state index >= 15 is 0 Å². The van der Waals surface area contributed by atoms with Crippen LogP contribution in [-0.4, -0.2) is 33.1 Å². The third-order valence-corrected chi connectivity index (χ3v) is 4.44. The third-order valence-electron chi connectivity index (χ3n) is 4.44. The summed E-state index contributed by atoms with van der Waals surface area (Å²) in [5.41, 5.74) is -1.07. The molecule has 0 aliphatic carbocycles. The van der Waals surface area contributed by atoms with E-state index in [0.717, 1.165) is 0 Å². The Morgan fingerprint density at radius 2 is 1.65 bits per heavy atom. The third kappa shape index (κ3) is 2.88. The predicted molar refractivity (Wildman–Crippen MR) is 81.2 cm³/mol. The zero-order chi connectivity index (χ0) is 16.8. The van der Waals surface area contributed by atoms with Crippen LogP contribution in [-0.2, 0) is 15.9 Å². The molecule has 0 spiro atoms. The van der Waals surface area contributed by atoms with Crippen LogP contribution < -0.4 is 5.46 Å². The number of hydrogen-bond acceptors (Lipinski definition) is 4. The number of rotatable bonds is 3. The zero-order valence-corrected chi connectivity index (χ0v) is 13.5. The van der Waals surface area contributed by atoms with Gasteiger partial charge in [-0.2, -0.15) is 5.10 Å². The summed E-state index contributed by atoms with van der Waals surface area (Å²) in [6, 6.07) is 2.54. The summed E-state index contributed by atoms with van der Waals surface area (Å²) in [6.45, 7) is 7.57. The summed E-state index contributed by atoms with van der Waals surface area (Å²) in [5.74, 6) is -1.39. The molecule has 0 amide bonds. The SMILES string of the molecule is CC1(C)OB(c2c(F)cc(Cn3cncn3)cc2F)OC1(C)C. The van der Waals surface area contributed by atoms with Crippen LogP contribution in [0.5, 0.6) is 0 Å². The molecule has 2 heterocycles. The van der Waals surface area contributed by atoms with E-state index in [1.807, 2.05) is 27.7 Å². The Labute approximate surface area is 133 Å². The van der Waals surface area contributed by atoms with Gasteiger partial charge in [0.25, 0.3) is 0 Å². The second-order valence-electron chi connectivity index (χ2n) is 6.65. The fourth-order valence-electron chi connectivity index (χ4n) is 2.42. The summed E-state index contributed by atoms with van der Waals surface area (Å²) in [4.78, 5) is 3.80. The van der Waals surface area contributed by atoms with Gasteiger partial charge in [0.05, 0.1) is 23.2 Å². The summed E-state index contributed by atoms with van der Waals surface area (Å²) in [5, 5.41) is 3.92. The van der Waals surface area contributed by atoms with Crippen molar-refractivity contribution in [3.05, 3.63) is 42.0 Å². The van der Waals surface area contributed by atoms with Gasteiger partial charge in [-0.05, 0) is 45.4 Å². The minimum Gasteiger partial charge on any atom is -0.399 e. The van der Waals surface area contributed by atoms with E-state index in [1.165, 1.54) is 29.5 Å². The van der Waals surface area contributed by atoms with Gasteiger partial charge in [-0.15, -0.1) is 0 Å². The molecule has 5 nitrogen and oxygen atoms in total. The fraction of sp³-hybridized carbons (Fsp3) is 0.467. The Hall–Kier alpha value is -1.80. The molecule has 0 radical (unpaired) electrons. The number of nitrogens with zero attached hydrogens (tertiary/aromatic N) is 3. The van der Waals surface area contributed by atoms with Gasteiger partial charge >= 0.3 is 7.12 Å². The Bertz CT molecular complexity index is 681. The van der Waals surface area contributed by atoms with Crippen molar-refractivity contribution in [3.63, 3.8) is 0 Å². The van der Waals surface area contributed by atoms with Gasteiger partial charge in [-0.25, -0.2) is 18.4 Å². The summed E-state index contributed by atoms with van der Waals surface area (Å²) >= 11 is 0.